The number of likely N-dealkylation sites (tertiary alicyclic amines) is 1. The first-order valence-electron chi connectivity index (χ1n) is 12.6. The molecule has 1 fully saturated rings. The lowest BCUT2D eigenvalue weighted by molar-refractivity contribution is -0.147. The number of carboxylic acids is 1. The van der Waals surface area contributed by atoms with E-state index < -0.39 is 17.9 Å². The van der Waals surface area contributed by atoms with Gasteiger partial charge in [-0.25, -0.2) is 4.98 Å². The van der Waals surface area contributed by atoms with Crippen LogP contribution in [0, 0.1) is 5.92 Å². The van der Waals surface area contributed by atoms with Crippen molar-refractivity contribution in [1.29, 1.82) is 0 Å². The molecular formula is C27H30BrN7O4. The number of amides is 2. The van der Waals surface area contributed by atoms with Crippen molar-refractivity contribution in [2.75, 3.05) is 35.6 Å². The van der Waals surface area contributed by atoms with Gasteiger partial charge in [-0.15, -0.1) is 0 Å². The molecule has 12 heteroatoms. The maximum atomic E-state index is 12.6. The maximum absolute atomic E-state index is 12.6. The van der Waals surface area contributed by atoms with Crippen LogP contribution in [0.2, 0.25) is 0 Å². The molecule has 0 bridgehead atoms. The Bertz CT molecular complexity index is 1320. The van der Waals surface area contributed by atoms with E-state index in [4.69, 9.17) is 10.8 Å². The molecule has 0 spiro atoms. The van der Waals surface area contributed by atoms with Crippen molar-refractivity contribution >= 4 is 56.9 Å². The molecule has 1 saturated heterocycles. The molecule has 0 radical (unpaired) electrons. The molecule has 39 heavy (non-hydrogen) atoms. The number of benzene rings is 2. The molecule has 1 aromatic heterocycles. The van der Waals surface area contributed by atoms with Crippen LogP contribution in [0.4, 0.5) is 23.1 Å². The highest BCUT2D eigenvalue weighted by Crippen LogP contribution is 2.24. The fourth-order valence-corrected chi connectivity index (χ4v) is 4.55. The molecule has 2 aromatic carbocycles. The van der Waals surface area contributed by atoms with Gasteiger partial charge in [0.2, 0.25) is 17.8 Å². The number of anilines is 4. The zero-order valence-electron chi connectivity index (χ0n) is 21.1. The van der Waals surface area contributed by atoms with E-state index >= 15 is 0 Å². The van der Waals surface area contributed by atoms with Crippen LogP contribution in [-0.4, -0.2) is 63.4 Å². The Morgan fingerprint density at radius 1 is 1.15 bits per heavy atom. The van der Waals surface area contributed by atoms with E-state index in [0.717, 1.165) is 5.56 Å². The summed E-state index contributed by atoms with van der Waals surface area (Å²) in [4.78, 5) is 46.2. The second-order valence-electron chi connectivity index (χ2n) is 9.17. The molecule has 1 aliphatic rings. The number of hydrogen-bond donors (Lipinski definition) is 5. The van der Waals surface area contributed by atoms with Gasteiger partial charge < -0.3 is 31.7 Å². The molecule has 4 rings (SSSR count). The number of halogens is 1. The van der Waals surface area contributed by atoms with E-state index in [1.807, 2.05) is 36.4 Å². The predicted molar refractivity (Wildman–Crippen MR) is 152 cm³/mol. The third-order valence-corrected chi connectivity index (χ3v) is 6.84. The zero-order valence-corrected chi connectivity index (χ0v) is 22.7. The number of aliphatic carboxylic acids is 1. The smallest absolute Gasteiger partial charge is 0.316 e. The summed E-state index contributed by atoms with van der Waals surface area (Å²) >= 11 is 3.44. The minimum atomic E-state index is -1.06. The minimum Gasteiger partial charge on any atom is -0.481 e. The number of carboxylic acid groups (broad SMARTS) is 1. The fraction of sp³-hybridized carbons (Fsp3) is 0.296. The largest absolute Gasteiger partial charge is 0.481 e. The molecule has 2 atom stereocenters. The van der Waals surface area contributed by atoms with Crippen molar-refractivity contribution in [1.82, 2.24) is 14.9 Å². The molecular weight excluding hydrogens is 566 g/mol. The highest BCUT2D eigenvalue weighted by Gasteiger charge is 2.36. The van der Waals surface area contributed by atoms with Gasteiger partial charge in [-0.1, -0.05) is 36.4 Å². The van der Waals surface area contributed by atoms with E-state index in [0.29, 0.717) is 66.5 Å². The van der Waals surface area contributed by atoms with Crippen LogP contribution in [0.3, 0.4) is 0 Å². The summed E-state index contributed by atoms with van der Waals surface area (Å²) in [6.07, 6.45) is 3.03. The average Bonchev–Trinajstić information content (AvgIpc) is 3.29. The van der Waals surface area contributed by atoms with Crippen molar-refractivity contribution < 1.29 is 19.5 Å². The van der Waals surface area contributed by atoms with Crippen LogP contribution in [0.15, 0.2) is 65.3 Å². The van der Waals surface area contributed by atoms with Crippen molar-refractivity contribution in [2.45, 2.75) is 25.3 Å². The first-order valence-corrected chi connectivity index (χ1v) is 13.3. The monoisotopic (exact) mass is 595 g/mol. The van der Waals surface area contributed by atoms with Crippen LogP contribution in [0.1, 0.15) is 18.4 Å². The van der Waals surface area contributed by atoms with Crippen molar-refractivity contribution in [3.8, 4) is 0 Å². The maximum Gasteiger partial charge on any atom is 0.316 e. The number of nitrogens with zero attached hydrogens (tertiary/aromatic N) is 3. The summed E-state index contributed by atoms with van der Waals surface area (Å²) < 4.78 is 0.671. The second-order valence-corrected chi connectivity index (χ2v) is 10.0. The molecule has 3 aromatic rings. The second kappa shape index (κ2) is 13.2. The number of nitrogens with one attached hydrogen (secondary N) is 3. The summed E-state index contributed by atoms with van der Waals surface area (Å²) in [5.41, 5.74) is 8.35. The van der Waals surface area contributed by atoms with Gasteiger partial charge in [0.15, 0.2) is 0 Å². The van der Waals surface area contributed by atoms with Crippen LogP contribution in [0.5, 0.6) is 0 Å². The summed E-state index contributed by atoms with van der Waals surface area (Å²) in [7, 11) is 0. The predicted octanol–water partition coefficient (Wildman–Crippen LogP) is 3.23. The highest BCUT2D eigenvalue weighted by atomic mass is 79.9. The Kier molecular flexibility index (Phi) is 9.45. The minimum absolute atomic E-state index is 0.281. The van der Waals surface area contributed by atoms with E-state index in [1.165, 1.54) is 0 Å². The number of rotatable bonds is 12. The number of carbonyl (C=O) groups is 3. The van der Waals surface area contributed by atoms with Gasteiger partial charge in [0.1, 0.15) is 11.7 Å². The molecule has 6 N–H and O–H groups in total. The van der Waals surface area contributed by atoms with Gasteiger partial charge in [0.25, 0.3) is 0 Å². The van der Waals surface area contributed by atoms with E-state index in [1.54, 1.807) is 29.3 Å². The van der Waals surface area contributed by atoms with E-state index in [9.17, 15) is 14.4 Å². The Morgan fingerprint density at radius 3 is 2.67 bits per heavy atom. The molecule has 0 saturated carbocycles. The van der Waals surface area contributed by atoms with Crippen LogP contribution in [0.25, 0.3) is 0 Å². The normalized spacial score (nSPS) is 15.6. The average molecular weight is 596 g/mol. The van der Waals surface area contributed by atoms with E-state index in [-0.39, 0.29) is 11.8 Å². The van der Waals surface area contributed by atoms with Gasteiger partial charge in [-0.05, 0) is 59.0 Å². The summed E-state index contributed by atoms with van der Waals surface area (Å²) in [5.74, 6) is -1.68. The van der Waals surface area contributed by atoms with Gasteiger partial charge in [-0.3, -0.25) is 14.4 Å². The highest BCUT2D eigenvalue weighted by molar-refractivity contribution is 9.10. The molecule has 2 unspecified atom stereocenters. The standard InChI is InChI=1S/C27H30BrN7O4/c28-21-16-31-27(34-23(21)30-11-5-12-35-13-10-20(25(35)37)26(38)39)33-19-9-4-8-18(15-19)32-24(36)22(29)14-17-6-2-1-3-7-17/h1-4,6-9,15-16,20,22H,5,10-14,29H2,(H,32,36)(H,38,39)(H2,30,31,33,34). The van der Waals surface area contributed by atoms with Crippen molar-refractivity contribution in [3.63, 3.8) is 0 Å². The number of hydrogen-bond acceptors (Lipinski definition) is 8. The Balaban J connectivity index is 1.29. The molecule has 2 heterocycles. The van der Waals surface area contributed by atoms with Gasteiger partial charge in [0, 0.05) is 37.2 Å². The summed E-state index contributed by atoms with van der Waals surface area (Å²) in [6, 6.07) is 16.1. The number of nitrogens with two attached hydrogens (primary N) is 1. The van der Waals surface area contributed by atoms with Gasteiger partial charge in [0.05, 0.1) is 10.5 Å². The van der Waals surface area contributed by atoms with Gasteiger partial charge >= 0.3 is 5.97 Å². The zero-order chi connectivity index (χ0) is 27.8. The molecule has 11 nitrogen and oxygen atoms in total. The van der Waals surface area contributed by atoms with Crippen molar-refractivity contribution in [3.05, 3.63) is 70.8 Å². The topological polar surface area (TPSA) is 163 Å². The number of carbonyl (C=O) groups excluding carboxylic acids is 2. The Labute approximate surface area is 234 Å². The van der Waals surface area contributed by atoms with Gasteiger partial charge in [-0.2, -0.15) is 4.98 Å². The lowest BCUT2D eigenvalue weighted by Gasteiger charge is -2.16. The first-order chi connectivity index (χ1) is 18.8. The Hall–Kier alpha value is -4.03. The molecule has 2 amide bonds. The third-order valence-electron chi connectivity index (χ3n) is 6.26. The number of aromatic nitrogens is 2. The summed E-state index contributed by atoms with van der Waals surface area (Å²) in [5, 5.41) is 18.3. The fourth-order valence-electron chi connectivity index (χ4n) is 4.22. The van der Waals surface area contributed by atoms with Crippen LogP contribution < -0.4 is 21.7 Å². The SMILES string of the molecule is NC(Cc1ccccc1)C(=O)Nc1cccc(Nc2ncc(Br)c(NCCCN3CCC(C(=O)O)C3=O)n2)c1. The van der Waals surface area contributed by atoms with Crippen LogP contribution in [-0.2, 0) is 20.8 Å². The quantitative estimate of drug-likeness (QED) is 0.156. The van der Waals surface area contributed by atoms with Crippen molar-refractivity contribution in [2.24, 2.45) is 11.7 Å². The summed E-state index contributed by atoms with van der Waals surface area (Å²) in [6.45, 7) is 1.46. The lowest BCUT2D eigenvalue weighted by atomic mass is 10.1. The van der Waals surface area contributed by atoms with Crippen LogP contribution >= 0.6 is 15.9 Å². The third kappa shape index (κ3) is 7.74. The molecule has 0 aliphatic carbocycles. The molecule has 204 valence electrons. The molecule has 1 aliphatic heterocycles. The first kappa shape index (κ1) is 28.0. The van der Waals surface area contributed by atoms with E-state index in [2.05, 4.69) is 41.8 Å². The lowest BCUT2D eigenvalue weighted by Crippen LogP contribution is -2.37. The Morgan fingerprint density at radius 2 is 1.92 bits per heavy atom.